The van der Waals surface area contributed by atoms with Crippen LogP contribution in [0.15, 0.2) is 42.5 Å². The lowest BCUT2D eigenvalue weighted by Gasteiger charge is -2.20. The number of rotatable bonds is 2. The molecule has 0 saturated carbocycles. The van der Waals surface area contributed by atoms with Crippen LogP contribution in [0.4, 0.5) is 8.78 Å². The molecule has 2 rings (SSSR count). The summed E-state index contributed by atoms with van der Waals surface area (Å²) in [7, 11) is 0. The highest BCUT2D eigenvalue weighted by Crippen LogP contribution is 2.27. The van der Waals surface area contributed by atoms with Crippen LogP contribution in [0.2, 0.25) is 0 Å². The van der Waals surface area contributed by atoms with E-state index in [4.69, 9.17) is 0 Å². The second-order valence-corrected chi connectivity index (χ2v) is 5.98. The highest BCUT2D eigenvalue weighted by molar-refractivity contribution is 5.34. The van der Waals surface area contributed by atoms with Crippen molar-refractivity contribution >= 4 is 0 Å². The van der Waals surface area contributed by atoms with Gasteiger partial charge < -0.3 is 5.11 Å². The summed E-state index contributed by atoms with van der Waals surface area (Å²) in [6.45, 7) is 6.29. The average molecular weight is 276 g/mol. The molecule has 0 aliphatic rings. The zero-order valence-corrected chi connectivity index (χ0v) is 11.8. The first kappa shape index (κ1) is 14.7. The van der Waals surface area contributed by atoms with Crippen molar-refractivity contribution < 1.29 is 13.9 Å². The van der Waals surface area contributed by atoms with Crippen molar-refractivity contribution in [2.75, 3.05) is 0 Å². The average Bonchev–Trinajstić information content (AvgIpc) is 2.36. The lowest BCUT2D eigenvalue weighted by atomic mass is 9.86. The van der Waals surface area contributed by atoms with Crippen molar-refractivity contribution in [2.45, 2.75) is 32.3 Å². The van der Waals surface area contributed by atoms with Crippen LogP contribution in [0.5, 0.6) is 0 Å². The molecule has 1 N–H and O–H groups in total. The van der Waals surface area contributed by atoms with Crippen molar-refractivity contribution in [3.8, 4) is 0 Å². The molecule has 0 fully saturated rings. The minimum Gasteiger partial charge on any atom is -0.384 e. The largest absolute Gasteiger partial charge is 0.384 e. The van der Waals surface area contributed by atoms with Gasteiger partial charge in [0.1, 0.15) is 17.7 Å². The summed E-state index contributed by atoms with van der Waals surface area (Å²) in [5, 5.41) is 10.2. The first-order chi connectivity index (χ1) is 9.27. The lowest BCUT2D eigenvalue weighted by Crippen LogP contribution is -2.11. The van der Waals surface area contributed by atoms with Gasteiger partial charge >= 0.3 is 0 Å². The molecule has 0 spiro atoms. The summed E-state index contributed by atoms with van der Waals surface area (Å²) < 4.78 is 26.3. The number of aliphatic hydroxyl groups excluding tert-OH is 1. The quantitative estimate of drug-likeness (QED) is 0.865. The third-order valence-electron chi connectivity index (χ3n) is 3.29. The fourth-order valence-corrected chi connectivity index (χ4v) is 2.09. The number of hydrogen-bond acceptors (Lipinski definition) is 1. The Labute approximate surface area is 117 Å². The Morgan fingerprint density at radius 1 is 0.850 bits per heavy atom. The van der Waals surface area contributed by atoms with Gasteiger partial charge in [0.2, 0.25) is 0 Å². The summed E-state index contributed by atoms with van der Waals surface area (Å²) in [5.74, 6) is -1.38. The first-order valence-corrected chi connectivity index (χ1v) is 6.52. The standard InChI is InChI=1S/C17H18F2O/c1-17(2,3)13-6-4-11(5-7-13)16(20)12-8-14(18)10-15(19)9-12/h4-10,16,20H,1-3H3. The fourth-order valence-electron chi connectivity index (χ4n) is 2.09. The van der Waals surface area contributed by atoms with E-state index in [2.05, 4.69) is 20.8 Å². The molecule has 0 saturated heterocycles. The van der Waals surface area contributed by atoms with E-state index in [-0.39, 0.29) is 11.0 Å². The molecule has 0 bridgehead atoms. The van der Waals surface area contributed by atoms with Gasteiger partial charge in [-0.05, 0) is 34.2 Å². The van der Waals surface area contributed by atoms with Gasteiger partial charge in [0.25, 0.3) is 0 Å². The Morgan fingerprint density at radius 2 is 1.35 bits per heavy atom. The number of aliphatic hydroxyl groups is 1. The lowest BCUT2D eigenvalue weighted by molar-refractivity contribution is 0.219. The van der Waals surface area contributed by atoms with Crippen molar-refractivity contribution in [3.05, 3.63) is 70.8 Å². The van der Waals surface area contributed by atoms with Crippen molar-refractivity contribution in [1.82, 2.24) is 0 Å². The van der Waals surface area contributed by atoms with E-state index in [0.717, 1.165) is 23.8 Å². The minimum absolute atomic E-state index is 0.0223. The number of hydrogen-bond donors (Lipinski definition) is 1. The topological polar surface area (TPSA) is 20.2 Å². The van der Waals surface area contributed by atoms with Crippen LogP contribution in [0, 0.1) is 11.6 Å². The smallest absolute Gasteiger partial charge is 0.126 e. The summed E-state index contributed by atoms with van der Waals surface area (Å²) >= 11 is 0. The molecular weight excluding hydrogens is 258 g/mol. The maximum Gasteiger partial charge on any atom is 0.126 e. The molecular formula is C17H18F2O. The minimum atomic E-state index is -1.03. The zero-order chi connectivity index (χ0) is 14.9. The zero-order valence-electron chi connectivity index (χ0n) is 11.8. The van der Waals surface area contributed by atoms with Gasteiger partial charge in [-0.25, -0.2) is 8.78 Å². The molecule has 20 heavy (non-hydrogen) atoms. The van der Waals surface area contributed by atoms with E-state index in [1.807, 2.05) is 12.1 Å². The molecule has 106 valence electrons. The van der Waals surface area contributed by atoms with E-state index in [1.165, 1.54) is 0 Å². The molecule has 0 aromatic heterocycles. The molecule has 2 aromatic carbocycles. The van der Waals surface area contributed by atoms with Crippen LogP contribution in [0.25, 0.3) is 0 Å². The van der Waals surface area contributed by atoms with Gasteiger partial charge in [0.05, 0.1) is 0 Å². The van der Waals surface area contributed by atoms with Gasteiger partial charge in [-0.2, -0.15) is 0 Å². The van der Waals surface area contributed by atoms with E-state index in [9.17, 15) is 13.9 Å². The normalized spacial score (nSPS) is 13.3. The molecule has 0 amide bonds. The summed E-state index contributed by atoms with van der Waals surface area (Å²) in [4.78, 5) is 0. The second kappa shape index (κ2) is 5.33. The van der Waals surface area contributed by atoms with Gasteiger partial charge in [0, 0.05) is 6.07 Å². The second-order valence-electron chi connectivity index (χ2n) is 5.98. The Bertz CT molecular complexity index is 577. The van der Waals surface area contributed by atoms with Crippen molar-refractivity contribution in [3.63, 3.8) is 0 Å². The maximum absolute atomic E-state index is 13.2. The van der Waals surface area contributed by atoms with Crippen LogP contribution < -0.4 is 0 Å². The highest BCUT2D eigenvalue weighted by atomic mass is 19.1. The molecule has 1 unspecified atom stereocenters. The van der Waals surface area contributed by atoms with Gasteiger partial charge in [-0.15, -0.1) is 0 Å². The Kier molecular flexibility index (Phi) is 3.91. The summed E-state index contributed by atoms with van der Waals surface area (Å²) in [6, 6.07) is 10.5. The fraction of sp³-hybridized carbons (Fsp3) is 0.294. The van der Waals surface area contributed by atoms with Crippen LogP contribution in [-0.4, -0.2) is 5.11 Å². The molecule has 0 aliphatic carbocycles. The molecule has 1 nitrogen and oxygen atoms in total. The maximum atomic E-state index is 13.2. The summed E-state index contributed by atoms with van der Waals surface area (Å²) in [5.41, 5.74) is 1.99. The molecule has 0 heterocycles. The predicted molar refractivity (Wildman–Crippen MR) is 75.6 cm³/mol. The van der Waals surface area contributed by atoms with Crippen LogP contribution in [-0.2, 0) is 5.41 Å². The van der Waals surface area contributed by atoms with E-state index in [0.29, 0.717) is 5.56 Å². The number of halogens is 2. The first-order valence-electron chi connectivity index (χ1n) is 6.52. The number of benzene rings is 2. The van der Waals surface area contributed by atoms with Crippen molar-refractivity contribution in [1.29, 1.82) is 0 Å². The molecule has 3 heteroatoms. The third kappa shape index (κ3) is 3.23. The van der Waals surface area contributed by atoms with Crippen LogP contribution in [0.1, 0.15) is 43.6 Å². The molecule has 1 atom stereocenters. The highest BCUT2D eigenvalue weighted by Gasteiger charge is 2.16. The SMILES string of the molecule is CC(C)(C)c1ccc(C(O)c2cc(F)cc(F)c2)cc1. The van der Waals surface area contributed by atoms with Crippen molar-refractivity contribution in [2.24, 2.45) is 0 Å². The monoisotopic (exact) mass is 276 g/mol. The van der Waals surface area contributed by atoms with E-state index in [1.54, 1.807) is 12.1 Å². The van der Waals surface area contributed by atoms with Gasteiger partial charge in [0.15, 0.2) is 0 Å². The van der Waals surface area contributed by atoms with E-state index >= 15 is 0 Å². The van der Waals surface area contributed by atoms with Gasteiger partial charge in [-0.3, -0.25) is 0 Å². The molecule has 0 aliphatic heterocycles. The van der Waals surface area contributed by atoms with Crippen LogP contribution in [0.3, 0.4) is 0 Å². The van der Waals surface area contributed by atoms with E-state index < -0.39 is 17.7 Å². The third-order valence-corrected chi connectivity index (χ3v) is 3.29. The summed E-state index contributed by atoms with van der Waals surface area (Å²) in [6.07, 6.45) is -1.03. The Hall–Kier alpha value is -1.74. The predicted octanol–water partition coefficient (Wildman–Crippen LogP) is 4.34. The molecule has 0 radical (unpaired) electrons. The Balaban J connectivity index is 2.31. The Morgan fingerprint density at radius 3 is 1.80 bits per heavy atom. The molecule has 2 aromatic rings. The van der Waals surface area contributed by atoms with Crippen LogP contribution >= 0.6 is 0 Å². The van der Waals surface area contributed by atoms with Gasteiger partial charge in [-0.1, -0.05) is 45.0 Å².